The lowest BCUT2D eigenvalue weighted by Crippen LogP contribution is -2.20. The highest BCUT2D eigenvalue weighted by Crippen LogP contribution is 2.29. The molecule has 0 spiro atoms. The predicted molar refractivity (Wildman–Crippen MR) is 79.0 cm³/mol. The molecule has 1 rings (SSSR count). The molecule has 4 heteroatoms. The molecule has 18 heavy (non-hydrogen) atoms. The number of anilines is 1. The minimum Gasteiger partial charge on any atom is -0.396 e. The number of aliphatic hydroxyl groups is 2. The predicted octanol–water partition coefficient (Wildman–Crippen LogP) is 3.10. The Morgan fingerprint density at radius 1 is 1.28 bits per heavy atom. The molecule has 1 unspecified atom stereocenters. The van der Waals surface area contributed by atoms with E-state index in [1.807, 2.05) is 25.2 Å². The summed E-state index contributed by atoms with van der Waals surface area (Å²) in [5.74, 6) is 0. The molecule has 0 saturated carbocycles. The first-order chi connectivity index (χ1) is 8.56. The van der Waals surface area contributed by atoms with Gasteiger partial charge in [-0.25, -0.2) is 0 Å². The normalized spacial score (nSPS) is 12.5. The van der Waals surface area contributed by atoms with Crippen molar-refractivity contribution < 1.29 is 10.2 Å². The van der Waals surface area contributed by atoms with Gasteiger partial charge in [0.2, 0.25) is 0 Å². The van der Waals surface area contributed by atoms with Crippen LogP contribution in [0.2, 0.25) is 0 Å². The maximum atomic E-state index is 9.81. The highest BCUT2D eigenvalue weighted by Gasteiger charge is 2.11. The summed E-state index contributed by atoms with van der Waals surface area (Å²) in [6.45, 7) is 2.98. The first-order valence-electron chi connectivity index (χ1n) is 6.35. The van der Waals surface area contributed by atoms with E-state index < -0.39 is 6.10 Å². The van der Waals surface area contributed by atoms with Crippen molar-refractivity contribution in [1.29, 1.82) is 0 Å². The van der Waals surface area contributed by atoms with Crippen molar-refractivity contribution in [3.8, 4) is 0 Å². The first-order valence-corrected chi connectivity index (χ1v) is 7.15. The first kappa shape index (κ1) is 15.5. The van der Waals surface area contributed by atoms with E-state index in [9.17, 15) is 5.11 Å². The Labute approximate surface area is 118 Å². The van der Waals surface area contributed by atoms with E-state index in [2.05, 4.69) is 20.8 Å². The quantitative estimate of drug-likeness (QED) is 0.760. The minimum absolute atomic E-state index is 0.265. The van der Waals surface area contributed by atoms with E-state index >= 15 is 0 Å². The maximum absolute atomic E-state index is 9.81. The average molecular weight is 316 g/mol. The molecule has 1 atom stereocenters. The number of halogens is 1. The van der Waals surface area contributed by atoms with Crippen LogP contribution in [0, 0.1) is 0 Å². The van der Waals surface area contributed by atoms with Gasteiger partial charge in [0.15, 0.2) is 0 Å². The SMILES string of the molecule is CC(O)c1cc(Br)ccc1N(C)CCCCCO. The Morgan fingerprint density at radius 3 is 2.61 bits per heavy atom. The van der Waals surface area contributed by atoms with Crippen LogP contribution in [0.25, 0.3) is 0 Å². The molecule has 1 aromatic carbocycles. The molecule has 0 aliphatic heterocycles. The molecule has 102 valence electrons. The molecule has 0 radical (unpaired) electrons. The second-order valence-electron chi connectivity index (χ2n) is 4.58. The highest BCUT2D eigenvalue weighted by atomic mass is 79.9. The lowest BCUT2D eigenvalue weighted by Gasteiger charge is -2.24. The van der Waals surface area contributed by atoms with Crippen molar-refractivity contribution >= 4 is 21.6 Å². The van der Waals surface area contributed by atoms with E-state index in [4.69, 9.17) is 5.11 Å². The zero-order chi connectivity index (χ0) is 13.5. The van der Waals surface area contributed by atoms with Crippen molar-refractivity contribution in [1.82, 2.24) is 0 Å². The third-order valence-corrected chi connectivity index (χ3v) is 3.50. The fourth-order valence-electron chi connectivity index (χ4n) is 1.97. The largest absolute Gasteiger partial charge is 0.396 e. The van der Waals surface area contributed by atoms with Crippen LogP contribution in [-0.2, 0) is 0 Å². The van der Waals surface area contributed by atoms with Crippen molar-refractivity contribution in [2.24, 2.45) is 0 Å². The fourth-order valence-corrected chi connectivity index (χ4v) is 2.34. The molecular formula is C14H22BrNO2. The Balaban J connectivity index is 2.69. The van der Waals surface area contributed by atoms with Gasteiger partial charge in [-0.1, -0.05) is 15.9 Å². The number of rotatable bonds is 7. The van der Waals surface area contributed by atoms with Crippen LogP contribution in [-0.4, -0.2) is 30.4 Å². The molecule has 0 aromatic heterocycles. The van der Waals surface area contributed by atoms with Crippen molar-refractivity contribution in [2.75, 3.05) is 25.1 Å². The van der Waals surface area contributed by atoms with Gasteiger partial charge in [-0.05, 0) is 44.4 Å². The second kappa shape index (κ2) is 7.77. The van der Waals surface area contributed by atoms with E-state index in [0.29, 0.717) is 0 Å². The summed E-state index contributed by atoms with van der Waals surface area (Å²) in [4.78, 5) is 2.16. The number of unbranched alkanes of at least 4 members (excludes halogenated alkanes) is 2. The summed E-state index contributed by atoms with van der Waals surface area (Å²) in [6.07, 6.45) is 2.46. The third kappa shape index (κ3) is 4.59. The molecular weight excluding hydrogens is 294 g/mol. The van der Waals surface area contributed by atoms with Crippen LogP contribution in [0.5, 0.6) is 0 Å². The second-order valence-corrected chi connectivity index (χ2v) is 5.50. The zero-order valence-electron chi connectivity index (χ0n) is 11.1. The standard InChI is InChI=1S/C14H22BrNO2/c1-11(18)13-10-12(15)6-7-14(13)16(2)8-4-3-5-9-17/h6-7,10-11,17-18H,3-5,8-9H2,1-2H3. The van der Waals surface area contributed by atoms with Gasteiger partial charge in [-0.3, -0.25) is 0 Å². The number of hydrogen-bond acceptors (Lipinski definition) is 3. The smallest absolute Gasteiger partial charge is 0.0782 e. The summed E-state index contributed by atoms with van der Waals surface area (Å²) in [6, 6.07) is 5.98. The summed E-state index contributed by atoms with van der Waals surface area (Å²) in [5, 5.41) is 18.6. The Kier molecular flexibility index (Phi) is 6.68. The molecule has 3 nitrogen and oxygen atoms in total. The number of aliphatic hydroxyl groups excluding tert-OH is 2. The van der Waals surface area contributed by atoms with Gasteiger partial charge in [-0.15, -0.1) is 0 Å². The Morgan fingerprint density at radius 2 is 2.00 bits per heavy atom. The molecule has 0 amide bonds. The van der Waals surface area contributed by atoms with Gasteiger partial charge in [0.1, 0.15) is 0 Å². The van der Waals surface area contributed by atoms with E-state index in [1.54, 1.807) is 6.92 Å². The third-order valence-electron chi connectivity index (χ3n) is 3.00. The highest BCUT2D eigenvalue weighted by molar-refractivity contribution is 9.10. The number of hydrogen-bond donors (Lipinski definition) is 2. The number of nitrogens with zero attached hydrogens (tertiary/aromatic N) is 1. The zero-order valence-corrected chi connectivity index (χ0v) is 12.7. The van der Waals surface area contributed by atoms with Crippen LogP contribution in [0.3, 0.4) is 0 Å². The summed E-state index contributed by atoms with van der Waals surface area (Å²) in [7, 11) is 2.04. The Hall–Kier alpha value is -0.580. The molecule has 1 aromatic rings. The van der Waals surface area contributed by atoms with Crippen molar-refractivity contribution in [3.63, 3.8) is 0 Å². The number of benzene rings is 1. The van der Waals surface area contributed by atoms with Gasteiger partial charge in [0.25, 0.3) is 0 Å². The minimum atomic E-state index is -0.475. The summed E-state index contributed by atoms with van der Waals surface area (Å²) < 4.78 is 0.982. The van der Waals surface area contributed by atoms with Gasteiger partial charge in [-0.2, -0.15) is 0 Å². The maximum Gasteiger partial charge on any atom is 0.0782 e. The molecule has 0 heterocycles. The van der Waals surface area contributed by atoms with Crippen LogP contribution in [0.1, 0.15) is 37.9 Å². The van der Waals surface area contributed by atoms with Gasteiger partial charge >= 0.3 is 0 Å². The Bertz CT molecular complexity index is 369. The van der Waals surface area contributed by atoms with Gasteiger partial charge in [0, 0.05) is 35.9 Å². The topological polar surface area (TPSA) is 43.7 Å². The lowest BCUT2D eigenvalue weighted by molar-refractivity contribution is 0.199. The van der Waals surface area contributed by atoms with Gasteiger partial charge < -0.3 is 15.1 Å². The fraction of sp³-hybridized carbons (Fsp3) is 0.571. The van der Waals surface area contributed by atoms with Crippen LogP contribution in [0.15, 0.2) is 22.7 Å². The molecule has 2 N–H and O–H groups in total. The molecule has 0 bridgehead atoms. The van der Waals surface area contributed by atoms with E-state index in [0.717, 1.165) is 41.5 Å². The van der Waals surface area contributed by atoms with Crippen molar-refractivity contribution in [2.45, 2.75) is 32.3 Å². The molecule has 0 aliphatic carbocycles. The van der Waals surface area contributed by atoms with Crippen LogP contribution < -0.4 is 4.90 Å². The van der Waals surface area contributed by atoms with Gasteiger partial charge in [0.05, 0.1) is 6.10 Å². The lowest BCUT2D eigenvalue weighted by atomic mass is 10.1. The molecule has 0 aliphatic rings. The summed E-state index contributed by atoms with van der Waals surface area (Å²) in [5.41, 5.74) is 2.01. The van der Waals surface area contributed by atoms with Crippen LogP contribution in [0.4, 0.5) is 5.69 Å². The van der Waals surface area contributed by atoms with Crippen molar-refractivity contribution in [3.05, 3.63) is 28.2 Å². The monoisotopic (exact) mass is 315 g/mol. The average Bonchev–Trinajstić information content (AvgIpc) is 2.34. The van der Waals surface area contributed by atoms with Crippen LogP contribution >= 0.6 is 15.9 Å². The molecule has 0 saturated heterocycles. The van der Waals surface area contributed by atoms with E-state index in [1.165, 1.54) is 0 Å². The summed E-state index contributed by atoms with van der Waals surface area (Å²) >= 11 is 3.43. The van der Waals surface area contributed by atoms with E-state index in [-0.39, 0.29) is 6.61 Å². The molecule has 0 fully saturated rings.